The first-order valence-electron chi connectivity index (χ1n) is 14.4. The van der Waals surface area contributed by atoms with Gasteiger partial charge >= 0.3 is 5.97 Å². The van der Waals surface area contributed by atoms with Crippen molar-refractivity contribution in [2.75, 3.05) is 37.5 Å². The van der Waals surface area contributed by atoms with Crippen LogP contribution in [0.15, 0.2) is 77.2 Å². The first kappa shape index (κ1) is 27.1. The maximum atomic E-state index is 13.6. The summed E-state index contributed by atoms with van der Waals surface area (Å²) in [6.45, 7) is 1.04. The van der Waals surface area contributed by atoms with E-state index >= 15 is 0 Å². The van der Waals surface area contributed by atoms with Crippen molar-refractivity contribution in [2.24, 2.45) is 5.92 Å². The number of esters is 1. The van der Waals surface area contributed by atoms with Gasteiger partial charge in [0.2, 0.25) is 0 Å². The second-order valence-electron chi connectivity index (χ2n) is 11.2. The first-order valence-corrected chi connectivity index (χ1v) is 14.4. The average Bonchev–Trinajstić information content (AvgIpc) is 3.56. The number of fused-ring (bicyclic) bond motifs is 2. The quantitative estimate of drug-likeness (QED) is 0.254. The molecule has 1 saturated carbocycles. The molecular formula is C33H37N3O5. The lowest BCUT2D eigenvalue weighted by Gasteiger charge is -2.46. The van der Waals surface area contributed by atoms with Crippen LogP contribution in [0.5, 0.6) is 5.75 Å². The fraction of sp³-hybridized carbons (Fsp3) is 0.394. The minimum absolute atomic E-state index is 0.0488. The van der Waals surface area contributed by atoms with Crippen LogP contribution < -0.4 is 15.0 Å². The smallest absolute Gasteiger partial charge is 0.335 e. The van der Waals surface area contributed by atoms with E-state index in [1.807, 2.05) is 84.7 Å². The molecule has 0 bridgehead atoms. The summed E-state index contributed by atoms with van der Waals surface area (Å²) in [5.74, 6) is 0.216. The van der Waals surface area contributed by atoms with Gasteiger partial charge in [-0.05, 0) is 54.7 Å². The summed E-state index contributed by atoms with van der Waals surface area (Å²) >= 11 is 0. The summed E-state index contributed by atoms with van der Waals surface area (Å²) < 4.78 is 17.2. The lowest BCUT2D eigenvalue weighted by molar-refractivity contribution is -0.164. The van der Waals surface area contributed by atoms with Gasteiger partial charge in [0.05, 0.1) is 13.7 Å². The Morgan fingerprint density at radius 3 is 2.54 bits per heavy atom. The Kier molecular flexibility index (Phi) is 7.34. The van der Waals surface area contributed by atoms with Crippen molar-refractivity contribution < 1.29 is 23.8 Å². The second-order valence-corrected chi connectivity index (χ2v) is 11.2. The van der Waals surface area contributed by atoms with Gasteiger partial charge in [0.1, 0.15) is 23.5 Å². The predicted octanol–water partition coefficient (Wildman–Crippen LogP) is 5.69. The number of methoxy groups -OCH3 is 1. The molecule has 2 unspecified atom stereocenters. The molecule has 1 aliphatic carbocycles. The van der Waals surface area contributed by atoms with Gasteiger partial charge in [0.25, 0.3) is 6.01 Å². The minimum atomic E-state index is -1.39. The van der Waals surface area contributed by atoms with Crippen molar-refractivity contribution in [3.8, 4) is 5.75 Å². The Labute approximate surface area is 240 Å². The molecule has 1 aliphatic heterocycles. The van der Waals surface area contributed by atoms with E-state index in [2.05, 4.69) is 10.3 Å². The zero-order valence-electron chi connectivity index (χ0n) is 23.6. The molecule has 0 spiro atoms. The molecule has 214 valence electrons. The number of anilines is 2. The van der Waals surface area contributed by atoms with Gasteiger partial charge in [0, 0.05) is 24.7 Å². The van der Waals surface area contributed by atoms with Crippen molar-refractivity contribution in [3.63, 3.8) is 0 Å². The van der Waals surface area contributed by atoms with E-state index < -0.39 is 17.1 Å². The highest BCUT2D eigenvalue weighted by atomic mass is 16.5. The fourth-order valence-electron chi connectivity index (χ4n) is 6.63. The monoisotopic (exact) mass is 555 g/mol. The third-order valence-corrected chi connectivity index (χ3v) is 8.76. The van der Waals surface area contributed by atoms with Crippen LogP contribution in [0.3, 0.4) is 0 Å². The number of oxazole rings is 1. The molecule has 0 saturated heterocycles. The molecule has 4 aromatic rings. The highest BCUT2D eigenvalue weighted by molar-refractivity contribution is 5.91. The standard InChI is InChI=1S/C33H37N3O5/c1-36(31-34-28-14-8-9-15-29(28)41-31)20-21-40-25-18-16-23(17-19-25)22-32(30(37)39-2)33(38,24-10-4-3-5-11-24)26-12-6-7-13-27(26)35-32/h6-9,12-19,24,35,38H,3-5,10-11,20-22H2,1-2H3. The number of likely N-dealkylation sites (N-methyl/N-ethyl adjacent to an activating group) is 1. The zero-order valence-corrected chi connectivity index (χ0v) is 23.6. The zero-order chi connectivity index (χ0) is 28.5. The van der Waals surface area contributed by atoms with Crippen molar-refractivity contribution in [3.05, 3.63) is 83.9 Å². The molecule has 2 N–H and O–H groups in total. The molecule has 3 aromatic carbocycles. The molecule has 0 amide bonds. The van der Waals surface area contributed by atoms with E-state index in [1.165, 1.54) is 7.11 Å². The van der Waals surface area contributed by atoms with Crippen LogP contribution >= 0.6 is 0 Å². The van der Waals surface area contributed by atoms with Crippen LogP contribution in [0.4, 0.5) is 11.7 Å². The molecule has 2 atom stereocenters. The van der Waals surface area contributed by atoms with E-state index in [9.17, 15) is 9.90 Å². The number of hydrogen-bond acceptors (Lipinski definition) is 8. The van der Waals surface area contributed by atoms with Crippen molar-refractivity contribution in [2.45, 2.75) is 49.7 Å². The van der Waals surface area contributed by atoms with Crippen molar-refractivity contribution in [1.82, 2.24) is 4.98 Å². The van der Waals surface area contributed by atoms with Crippen LogP contribution in [0, 0.1) is 5.92 Å². The topological polar surface area (TPSA) is 97.1 Å². The maximum Gasteiger partial charge on any atom is 0.335 e. The van der Waals surface area contributed by atoms with Crippen LogP contribution in [0.2, 0.25) is 0 Å². The Hall–Kier alpha value is -4.04. The third kappa shape index (κ3) is 4.80. The van der Waals surface area contributed by atoms with Gasteiger partial charge in [-0.15, -0.1) is 0 Å². The minimum Gasteiger partial charge on any atom is -0.492 e. The first-order chi connectivity index (χ1) is 19.9. The second kappa shape index (κ2) is 11.1. The largest absolute Gasteiger partial charge is 0.492 e. The maximum absolute atomic E-state index is 13.6. The normalized spacial score (nSPS) is 22.2. The Morgan fingerprint density at radius 1 is 1.05 bits per heavy atom. The van der Waals surface area contributed by atoms with Crippen molar-refractivity contribution >= 4 is 28.8 Å². The summed E-state index contributed by atoms with van der Waals surface area (Å²) in [5, 5.41) is 16.0. The Balaban J connectivity index is 1.18. The fourth-order valence-corrected chi connectivity index (χ4v) is 6.63. The number of carbonyl (C=O) groups excluding carboxylic acids is 1. The molecule has 41 heavy (non-hydrogen) atoms. The average molecular weight is 556 g/mol. The predicted molar refractivity (Wildman–Crippen MR) is 158 cm³/mol. The molecule has 8 nitrogen and oxygen atoms in total. The van der Waals surface area contributed by atoms with Gasteiger partial charge in [0.15, 0.2) is 11.1 Å². The number of para-hydroxylation sites is 3. The third-order valence-electron chi connectivity index (χ3n) is 8.76. The van der Waals surface area contributed by atoms with E-state index in [-0.39, 0.29) is 12.3 Å². The number of ether oxygens (including phenoxy) is 2. The number of rotatable bonds is 9. The molecule has 1 aromatic heterocycles. The molecular weight excluding hydrogens is 518 g/mol. The lowest BCUT2D eigenvalue weighted by atomic mass is 9.63. The number of aromatic nitrogens is 1. The summed E-state index contributed by atoms with van der Waals surface area (Å²) in [4.78, 5) is 20.1. The van der Waals surface area contributed by atoms with E-state index in [4.69, 9.17) is 13.9 Å². The molecule has 8 heteroatoms. The number of benzene rings is 3. The van der Waals surface area contributed by atoms with E-state index in [0.29, 0.717) is 19.2 Å². The van der Waals surface area contributed by atoms with Gasteiger partial charge in [-0.3, -0.25) is 0 Å². The number of aliphatic hydroxyl groups is 1. The molecule has 2 heterocycles. The van der Waals surface area contributed by atoms with Gasteiger partial charge in [-0.25, -0.2) is 4.79 Å². The van der Waals surface area contributed by atoms with Gasteiger partial charge < -0.3 is 29.2 Å². The number of nitrogens with zero attached hydrogens (tertiary/aromatic N) is 2. The number of carbonyl (C=O) groups is 1. The molecule has 1 fully saturated rings. The van der Waals surface area contributed by atoms with Crippen molar-refractivity contribution in [1.29, 1.82) is 0 Å². The summed E-state index contributed by atoms with van der Waals surface area (Å²) in [5.41, 5.74) is 1.33. The van der Waals surface area contributed by atoms with Gasteiger partial charge in [-0.1, -0.05) is 61.7 Å². The Bertz CT molecular complexity index is 1480. The number of hydrogen-bond donors (Lipinski definition) is 2. The van der Waals surface area contributed by atoms with Crippen LogP contribution in [0.1, 0.15) is 43.2 Å². The van der Waals surface area contributed by atoms with Crippen LogP contribution in [-0.4, -0.2) is 48.9 Å². The highest BCUT2D eigenvalue weighted by Gasteiger charge is 2.65. The molecule has 6 rings (SSSR count). The molecule has 2 aliphatic rings. The summed E-state index contributed by atoms with van der Waals surface area (Å²) in [6, 6.07) is 23.7. The van der Waals surface area contributed by atoms with Gasteiger partial charge in [-0.2, -0.15) is 4.98 Å². The number of nitrogens with one attached hydrogen (secondary N) is 1. The SMILES string of the molecule is COC(=O)C1(Cc2ccc(OCCN(C)c3nc4ccccc4o3)cc2)Nc2ccccc2C1(O)C1CCCCC1. The highest BCUT2D eigenvalue weighted by Crippen LogP contribution is 2.55. The van der Waals surface area contributed by atoms with Crippen LogP contribution in [-0.2, 0) is 21.6 Å². The lowest BCUT2D eigenvalue weighted by Crippen LogP contribution is -2.63. The summed E-state index contributed by atoms with van der Waals surface area (Å²) in [7, 11) is 3.31. The van der Waals surface area contributed by atoms with E-state index in [1.54, 1.807) is 0 Å². The Morgan fingerprint density at radius 2 is 1.78 bits per heavy atom. The summed E-state index contributed by atoms with van der Waals surface area (Å²) in [6.07, 6.45) is 5.26. The van der Waals surface area contributed by atoms with Crippen LogP contribution in [0.25, 0.3) is 11.1 Å². The van der Waals surface area contributed by atoms with E-state index in [0.717, 1.165) is 65.8 Å². The molecule has 0 radical (unpaired) electrons.